The van der Waals surface area contributed by atoms with E-state index in [2.05, 4.69) is 108 Å². The van der Waals surface area contributed by atoms with Gasteiger partial charge in [-0.05, 0) is 107 Å². The molecule has 0 N–H and O–H groups in total. The number of thiazole rings is 5. The lowest BCUT2D eigenvalue weighted by Crippen LogP contribution is -2.36. The van der Waals surface area contributed by atoms with Crippen LogP contribution < -0.4 is 38.5 Å². The van der Waals surface area contributed by atoms with Gasteiger partial charge in [0, 0.05) is 119 Å². The summed E-state index contributed by atoms with van der Waals surface area (Å²) in [5, 5.41) is 40.8. The van der Waals surface area contributed by atoms with Crippen molar-refractivity contribution in [2.75, 3.05) is 86.2 Å². The second kappa shape index (κ2) is 44.3. The maximum absolute atomic E-state index is 10.6. The molecule has 0 unspecified atom stereocenters. The number of piperidine rings is 1. The van der Waals surface area contributed by atoms with E-state index in [1.807, 2.05) is 200 Å². The van der Waals surface area contributed by atoms with Crippen LogP contribution in [0.1, 0.15) is 51.4 Å². The Morgan fingerprint density at radius 1 is 0.348 bits per heavy atom. The highest BCUT2D eigenvalue weighted by molar-refractivity contribution is 7.13. The first-order valence-electron chi connectivity index (χ1n) is 43.7. The van der Waals surface area contributed by atoms with Crippen LogP contribution in [0.5, 0.6) is 23.5 Å². The summed E-state index contributed by atoms with van der Waals surface area (Å²) in [4.78, 5) is 114. The van der Waals surface area contributed by atoms with Crippen molar-refractivity contribution >= 4 is 167 Å². The third kappa shape index (κ3) is 21.0. The van der Waals surface area contributed by atoms with E-state index in [0.29, 0.717) is 70.9 Å². The normalized spacial score (nSPS) is 12.2. The van der Waals surface area contributed by atoms with Gasteiger partial charge in [0.15, 0.2) is 28.2 Å². The fourth-order valence-electron chi connectivity index (χ4n) is 15.3. The van der Waals surface area contributed by atoms with Gasteiger partial charge in [0.2, 0.25) is 49.2 Å². The fourth-order valence-corrected chi connectivity index (χ4v) is 18.9. The number of pyridine rings is 5. The smallest absolute Gasteiger partial charge is 0.373 e. The molecule has 694 valence electrons. The molecule has 0 bridgehead atoms. The van der Waals surface area contributed by atoms with Crippen molar-refractivity contribution in [3.63, 3.8) is 0 Å². The Balaban J connectivity index is 0.000000119. The second-order valence-corrected chi connectivity index (χ2v) is 34.8. The van der Waals surface area contributed by atoms with Crippen molar-refractivity contribution in [2.45, 2.75) is 53.4 Å². The summed E-state index contributed by atoms with van der Waals surface area (Å²) in [5.74, 6) is 4.54. The number of nitrogens with zero attached hydrogens (tertiary/aromatic N) is 24. The molecular weight excluding hydrogens is 1850 g/mol. The predicted octanol–water partition coefficient (Wildman–Crippen LogP) is 17.9. The highest BCUT2D eigenvalue weighted by Crippen LogP contribution is 2.40. The number of fused-ring (bicyclic) bond motifs is 5. The molecule has 15 aromatic heterocycles. The second-order valence-electron chi connectivity index (χ2n) is 30.6. The summed E-state index contributed by atoms with van der Waals surface area (Å²) < 4.78 is 33.6. The molecule has 2 aliphatic heterocycles. The molecule has 138 heavy (non-hydrogen) atoms. The Labute approximate surface area is 808 Å². The average molecular weight is 1940 g/mol. The molecule has 0 atom stereocenters. The lowest BCUT2D eigenvalue weighted by Gasteiger charge is -2.27. The molecule has 2 aliphatic rings. The summed E-state index contributed by atoms with van der Waals surface area (Å²) >= 11 is 6.98. The number of benzene rings is 5. The molecule has 5 aromatic carbocycles. The molecule has 0 radical (unpaired) electrons. The largest absolute Gasteiger partial charge is 0.409 e. The molecule has 17 heterocycles. The topological polar surface area (TPSA) is 380 Å². The zero-order chi connectivity index (χ0) is 95.4. The zero-order valence-corrected chi connectivity index (χ0v) is 79.2. The molecule has 0 spiro atoms. The summed E-state index contributed by atoms with van der Waals surface area (Å²) in [6.07, 6.45) is 4.82. The molecule has 20 aromatic rings. The van der Waals surface area contributed by atoms with E-state index in [9.17, 15) is 19.2 Å². The van der Waals surface area contributed by atoms with Crippen molar-refractivity contribution < 1.29 is 52.5 Å². The van der Waals surface area contributed by atoms with E-state index in [4.69, 9.17) is 83.7 Å². The van der Waals surface area contributed by atoms with Gasteiger partial charge in [0.25, 0.3) is 25.9 Å². The first-order valence-corrected chi connectivity index (χ1v) is 48.1. The van der Waals surface area contributed by atoms with Crippen LogP contribution in [-0.2, 0) is 39.9 Å². The van der Waals surface area contributed by atoms with Gasteiger partial charge < -0.3 is 43.3 Å². The van der Waals surface area contributed by atoms with E-state index in [0.717, 1.165) is 186 Å². The number of anilines is 4. The van der Waals surface area contributed by atoms with Crippen molar-refractivity contribution in [3.05, 3.63) is 251 Å². The number of carbonyl (C=O) groups excluding carboxylic acids is 6. The number of aromatic nitrogens is 20. The Kier molecular flexibility index (Phi) is 30.0. The SMILES string of the molecule is CCN(CC)c1ccc2c(-c3ccccc3)nn(-c3nc(OC=O)cs3)c2n1.CCc1csc(-n2nc(-c3ccccc3)c3ccc(C)nc32)n1.CN(C)c1ccc2c(-c3ccccc3)nn(-c3nc(OC=O)cs3)c2n1.O=C=O.O=COc1csc(-n2nc(-c3ccccc3)c3ccc(N4CCCCC4)nc32)n1.O=COc1csc(-n2nc(-c3ccccc3)c3ccc(N4CCOCC4)nc32)n1. The Morgan fingerprint density at radius 2 is 0.645 bits per heavy atom. The van der Waals surface area contributed by atoms with Gasteiger partial charge in [-0.15, -0.1) is 11.3 Å². The van der Waals surface area contributed by atoms with Gasteiger partial charge in [-0.1, -0.05) is 204 Å². The van der Waals surface area contributed by atoms with Gasteiger partial charge >= 0.3 is 6.15 Å². The molecule has 0 saturated carbocycles. The number of carbonyl (C=O) groups is 4. The number of ether oxygens (including phenoxy) is 5. The number of rotatable bonds is 25. The van der Waals surface area contributed by atoms with Crippen LogP contribution in [0.4, 0.5) is 23.3 Å². The van der Waals surface area contributed by atoms with Gasteiger partial charge in [-0.25, -0.2) is 29.9 Å². The average Bonchev–Trinajstić information content (AvgIpc) is 1.63. The molecular formula is C98H86N24O11S5. The van der Waals surface area contributed by atoms with Crippen LogP contribution in [0.25, 0.3) is 137 Å². The van der Waals surface area contributed by atoms with E-state index < -0.39 is 0 Å². The van der Waals surface area contributed by atoms with Gasteiger partial charge in [-0.3, -0.25) is 19.2 Å². The van der Waals surface area contributed by atoms with Crippen LogP contribution in [0.15, 0.2) is 239 Å². The number of aryl methyl sites for hydroxylation is 2. The zero-order valence-electron chi connectivity index (χ0n) is 75.2. The first kappa shape index (κ1) is 93.6. The molecule has 35 nitrogen and oxygen atoms in total. The number of morpholine rings is 1. The lowest BCUT2D eigenvalue weighted by molar-refractivity contribution is -0.191. The fraction of sp³-hybridized carbons (Fsp3) is 0.184. The van der Waals surface area contributed by atoms with Crippen LogP contribution in [0.2, 0.25) is 0 Å². The summed E-state index contributed by atoms with van der Waals surface area (Å²) in [6, 6.07) is 70.6. The van der Waals surface area contributed by atoms with Crippen molar-refractivity contribution in [1.82, 2.24) is 98.7 Å². The monoisotopic (exact) mass is 1930 g/mol. The van der Waals surface area contributed by atoms with Gasteiger partial charge in [0.1, 0.15) is 51.7 Å². The molecule has 0 amide bonds. The Bertz CT molecular complexity index is 7430. The standard InChI is InChI=1S/C21H19N5O2S.C20H17N5O3S.C20H19N5O2S.C18H15N5O2S.C18H16N4S.CO2/c27-14-28-18-13-29-21(23-18)26-20-16(19(24-26)15-7-3-1-4-8-15)9-10-17(22-20)25-11-5-2-6-12-25;26-13-28-17-12-29-20(22-17)25-19-15(18(23-25)14-4-2-1-3-5-14)6-7-16(21-19)24-8-10-27-11-9-24;1-3-24(4-2)16-11-10-15-18(14-8-6-5-7-9-14)23-25(19(15)21-16)20-22-17(12-28-20)27-13-26;1-22(2)14-9-8-13-16(12-6-4-3-5-7-12)21-23(17(13)19-14)18-20-15(10-26-18)25-11-24;1-3-14-11-23-18(20-14)22-17-15(10-9-12(2)19-17)16(21-22)13-7-5-4-6-8-13;2-1-3/h1,3-4,7-10,13-14H,2,5-6,11-12H2;1-7,12-13H,8-11H2;5-13H,3-4H2,1-2H3;3-11H,1-2H3;4-11H,3H2,1-2H3;. The van der Waals surface area contributed by atoms with Gasteiger partial charge in [-0.2, -0.15) is 78.4 Å². The summed E-state index contributed by atoms with van der Waals surface area (Å²) in [7, 11) is 3.87. The molecule has 0 aliphatic carbocycles. The van der Waals surface area contributed by atoms with Crippen molar-refractivity contribution in [3.8, 4) is 105 Å². The van der Waals surface area contributed by atoms with Crippen molar-refractivity contribution in [2.24, 2.45) is 0 Å². The summed E-state index contributed by atoms with van der Waals surface area (Å²) in [5.41, 5.74) is 15.2. The van der Waals surface area contributed by atoms with Gasteiger partial charge in [0.05, 0.1) is 40.4 Å². The highest BCUT2D eigenvalue weighted by atomic mass is 32.1. The minimum atomic E-state index is 0.244. The Morgan fingerprint density at radius 3 is 0.971 bits per heavy atom. The van der Waals surface area contributed by atoms with Crippen molar-refractivity contribution in [1.29, 1.82) is 0 Å². The number of hydrogen-bond donors (Lipinski definition) is 0. The minimum absolute atomic E-state index is 0.244. The molecule has 22 rings (SSSR count). The predicted molar refractivity (Wildman–Crippen MR) is 533 cm³/mol. The molecule has 40 heteroatoms. The first-order chi connectivity index (χ1) is 67.7. The van der Waals surface area contributed by atoms with Crippen LogP contribution in [-0.4, -0.2) is 197 Å². The highest BCUT2D eigenvalue weighted by Gasteiger charge is 2.27. The van der Waals surface area contributed by atoms with Crippen LogP contribution >= 0.6 is 56.7 Å². The lowest BCUT2D eigenvalue weighted by atomic mass is 10.1. The summed E-state index contributed by atoms with van der Waals surface area (Å²) in [6.45, 7) is 16.5. The maximum atomic E-state index is 10.6. The molecule has 2 saturated heterocycles. The van der Waals surface area contributed by atoms with Crippen LogP contribution in [0.3, 0.4) is 0 Å². The van der Waals surface area contributed by atoms with E-state index >= 15 is 0 Å². The van der Waals surface area contributed by atoms with Crippen LogP contribution in [0, 0.1) is 6.92 Å². The molecule has 2 fully saturated rings. The number of hydrogen-bond acceptors (Lipinski definition) is 35. The van der Waals surface area contributed by atoms with E-state index in [-0.39, 0.29) is 29.7 Å². The Hall–Kier alpha value is -16.2. The van der Waals surface area contributed by atoms with E-state index in [1.165, 1.54) is 64.6 Å². The third-order valence-corrected chi connectivity index (χ3v) is 25.9. The maximum Gasteiger partial charge on any atom is 0.373 e. The third-order valence-electron chi connectivity index (χ3n) is 21.9. The quantitative estimate of drug-likeness (QED) is 0.0480. The minimum Gasteiger partial charge on any atom is -0.409 e. The van der Waals surface area contributed by atoms with E-state index in [1.54, 1.807) is 51.6 Å².